The molecule has 2 rings (SSSR count). The van der Waals surface area contributed by atoms with Crippen molar-refractivity contribution in [3.63, 3.8) is 0 Å². The van der Waals surface area contributed by atoms with Crippen molar-refractivity contribution in [1.82, 2.24) is 0 Å². The molecule has 1 fully saturated rings. The van der Waals surface area contributed by atoms with Crippen molar-refractivity contribution in [3.05, 3.63) is 35.9 Å². The van der Waals surface area contributed by atoms with Crippen molar-refractivity contribution in [2.75, 3.05) is 0 Å². The number of hydrogen-bond donors (Lipinski definition) is 1. The summed E-state index contributed by atoms with van der Waals surface area (Å²) in [5, 5.41) is 10.3. The van der Waals surface area contributed by atoms with Gasteiger partial charge in [-0.15, -0.1) is 11.8 Å². The summed E-state index contributed by atoms with van der Waals surface area (Å²) in [6.45, 7) is 4.44. The number of aliphatic hydroxyl groups is 1. The molecule has 1 aliphatic heterocycles. The Bertz CT molecular complexity index is 321. The van der Waals surface area contributed by atoms with Gasteiger partial charge in [-0.05, 0) is 18.4 Å². The lowest BCUT2D eigenvalue weighted by Gasteiger charge is -2.37. The SMILES string of the molecule is CC1(C)C[C@H](O)C[C@@H](c2ccccc2)S1. The highest BCUT2D eigenvalue weighted by Gasteiger charge is 2.34. The second kappa shape index (κ2) is 4.18. The summed E-state index contributed by atoms with van der Waals surface area (Å²) in [7, 11) is 0. The van der Waals surface area contributed by atoms with Crippen LogP contribution in [-0.2, 0) is 0 Å². The molecule has 0 radical (unpaired) electrons. The van der Waals surface area contributed by atoms with Crippen LogP contribution in [0.2, 0.25) is 0 Å². The molecule has 1 nitrogen and oxygen atoms in total. The Kier molecular flexibility index (Phi) is 3.08. The first-order valence-corrected chi connectivity index (χ1v) is 6.36. The maximum Gasteiger partial charge on any atom is 0.0567 e. The van der Waals surface area contributed by atoms with Gasteiger partial charge in [-0.1, -0.05) is 44.2 Å². The summed E-state index contributed by atoms with van der Waals surface area (Å²) in [6.07, 6.45) is 1.64. The minimum Gasteiger partial charge on any atom is -0.393 e. The zero-order valence-electron chi connectivity index (χ0n) is 9.31. The molecule has 0 aromatic heterocycles. The normalized spacial score (nSPS) is 30.1. The van der Waals surface area contributed by atoms with Crippen LogP contribution in [-0.4, -0.2) is 16.0 Å². The fourth-order valence-corrected chi connectivity index (χ4v) is 3.92. The van der Waals surface area contributed by atoms with E-state index in [4.69, 9.17) is 0 Å². The minimum atomic E-state index is -0.147. The molecule has 0 saturated carbocycles. The molecule has 2 atom stereocenters. The molecule has 0 bridgehead atoms. The maximum atomic E-state index is 9.86. The lowest BCUT2D eigenvalue weighted by atomic mass is 9.97. The lowest BCUT2D eigenvalue weighted by molar-refractivity contribution is 0.138. The second-order valence-electron chi connectivity index (χ2n) is 4.87. The minimum absolute atomic E-state index is 0.147. The third-order valence-corrected chi connectivity index (χ3v) is 4.40. The van der Waals surface area contributed by atoms with Crippen LogP contribution in [0.5, 0.6) is 0 Å². The van der Waals surface area contributed by atoms with Crippen LogP contribution in [0.1, 0.15) is 37.5 Å². The topological polar surface area (TPSA) is 20.2 Å². The first kappa shape index (κ1) is 11.0. The highest BCUT2D eigenvalue weighted by molar-refractivity contribution is 8.00. The quantitative estimate of drug-likeness (QED) is 0.786. The number of aliphatic hydroxyl groups excluding tert-OH is 1. The summed E-state index contributed by atoms with van der Waals surface area (Å²) in [4.78, 5) is 0. The van der Waals surface area contributed by atoms with E-state index in [1.165, 1.54) is 5.56 Å². The highest BCUT2D eigenvalue weighted by Crippen LogP contribution is 2.48. The van der Waals surface area contributed by atoms with Gasteiger partial charge in [0, 0.05) is 10.00 Å². The van der Waals surface area contributed by atoms with Crippen LogP contribution in [0.4, 0.5) is 0 Å². The van der Waals surface area contributed by atoms with Crippen molar-refractivity contribution in [1.29, 1.82) is 0 Å². The monoisotopic (exact) mass is 222 g/mol. The van der Waals surface area contributed by atoms with Crippen molar-refractivity contribution >= 4 is 11.8 Å². The molecular formula is C13H18OS. The average molecular weight is 222 g/mol. The summed E-state index contributed by atoms with van der Waals surface area (Å²) in [5.74, 6) is 0. The van der Waals surface area contributed by atoms with Crippen LogP contribution in [0, 0.1) is 0 Å². The van der Waals surface area contributed by atoms with Gasteiger partial charge in [0.25, 0.3) is 0 Å². The standard InChI is InChI=1S/C13H18OS/c1-13(2)9-11(14)8-12(15-13)10-6-4-3-5-7-10/h3-7,11-12,14H,8-9H2,1-2H3/t11-,12+/m1/s1. The molecule has 1 N–H and O–H groups in total. The van der Waals surface area contributed by atoms with E-state index in [0.717, 1.165) is 12.8 Å². The zero-order valence-corrected chi connectivity index (χ0v) is 10.1. The third kappa shape index (κ3) is 2.76. The van der Waals surface area contributed by atoms with Gasteiger partial charge in [0.2, 0.25) is 0 Å². The van der Waals surface area contributed by atoms with Crippen LogP contribution in [0.25, 0.3) is 0 Å². The molecule has 1 aliphatic rings. The second-order valence-corrected chi connectivity index (χ2v) is 6.78. The Morgan fingerprint density at radius 2 is 1.93 bits per heavy atom. The lowest BCUT2D eigenvalue weighted by Crippen LogP contribution is -2.31. The van der Waals surface area contributed by atoms with E-state index in [-0.39, 0.29) is 10.9 Å². The van der Waals surface area contributed by atoms with Crippen molar-refractivity contribution in [3.8, 4) is 0 Å². The van der Waals surface area contributed by atoms with E-state index in [0.29, 0.717) is 5.25 Å². The average Bonchev–Trinajstić information content (AvgIpc) is 2.16. The molecule has 0 spiro atoms. The molecule has 82 valence electrons. The number of rotatable bonds is 1. The number of hydrogen-bond acceptors (Lipinski definition) is 2. The molecule has 1 saturated heterocycles. The Balaban J connectivity index is 2.17. The van der Waals surface area contributed by atoms with E-state index in [1.807, 2.05) is 17.8 Å². The third-order valence-electron chi connectivity index (χ3n) is 2.85. The van der Waals surface area contributed by atoms with E-state index in [1.54, 1.807) is 0 Å². The van der Waals surface area contributed by atoms with Gasteiger partial charge in [0.15, 0.2) is 0 Å². The maximum absolute atomic E-state index is 9.86. The number of thioether (sulfide) groups is 1. The predicted molar refractivity (Wildman–Crippen MR) is 66.1 cm³/mol. The van der Waals surface area contributed by atoms with Gasteiger partial charge in [0.05, 0.1) is 6.10 Å². The van der Waals surface area contributed by atoms with Crippen LogP contribution >= 0.6 is 11.8 Å². The Morgan fingerprint density at radius 1 is 1.27 bits per heavy atom. The summed E-state index contributed by atoms with van der Waals surface area (Å²) in [5.41, 5.74) is 1.34. The molecule has 2 heteroatoms. The summed E-state index contributed by atoms with van der Waals surface area (Å²) < 4.78 is 0.193. The van der Waals surface area contributed by atoms with E-state index in [9.17, 15) is 5.11 Å². The van der Waals surface area contributed by atoms with Crippen LogP contribution in [0.3, 0.4) is 0 Å². The number of benzene rings is 1. The van der Waals surface area contributed by atoms with Gasteiger partial charge in [-0.2, -0.15) is 0 Å². The molecule has 1 aromatic carbocycles. The summed E-state index contributed by atoms with van der Waals surface area (Å²) >= 11 is 1.99. The van der Waals surface area contributed by atoms with Crippen molar-refractivity contribution in [2.24, 2.45) is 0 Å². The fraction of sp³-hybridized carbons (Fsp3) is 0.538. The Morgan fingerprint density at radius 3 is 2.53 bits per heavy atom. The van der Waals surface area contributed by atoms with Gasteiger partial charge < -0.3 is 5.11 Å². The van der Waals surface area contributed by atoms with Gasteiger partial charge >= 0.3 is 0 Å². The van der Waals surface area contributed by atoms with E-state index >= 15 is 0 Å². The Hall–Kier alpha value is -0.470. The van der Waals surface area contributed by atoms with Gasteiger partial charge in [0.1, 0.15) is 0 Å². The van der Waals surface area contributed by atoms with E-state index < -0.39 is 0 Å². The molecule has 1 heterocycles. The molecular weight excluding hydrogens is 204 g/mol. The largest absolute Gasteiger partial charge is 0.393 e. The van der Waals surface area contributed by atoms with Crippen LogP contribution < -0.4 is 0 Å². The molecule has 0 aliphatic carbocycles. The zero-order chi connectivity index (χ0) is 10.9. The fourth-order valence-electron chi connectivity index (χ4n) is 2.25. The van der Waals surface area contributed by atoms with Gasteiger partial charge in [-0.3, -0.25) is 0 Å². The summed E-state index contributed by atoms with van der Waals surface area (Å²) in [6, 6.07) is 10.5. The predicted octanol–water partition coefficient (Wildman–Crippen LogP) is 3.39. The highest BCUT2D eigenvalue weighted by atomic mass is 32.2. The molecule has 1 aromatic rings. The molecule has 0 amide bonds. The first-order valence-electron chi connectivity index (χ1n) is 5.48. The van der Waals surface area contributed by atoms with Gasteiger partial charge in [-0.25, -0.2) is 0 Å². The molecule has 0 unspecified atom stereocenters. The van der Waals surface area contributed by atoms with Crippen molar-refractivity contribution in [2.45, 2.75) is 42.8 Å². The van der Waals surface area contributed by atoms with Crippen LogP contribution in [0.15, 0.2) is 30.3 Å². The Labute approximate surface area is 95.9 Å². The molecule has 15 heavy (non-hydrogen) atoms. The smallest absolute Gasteiger partial charge is 0.0567 e. The van der Waals surface area contributed by atoms with E-state index in [2.05, 4.69) is 38.1 Å². The first-order chi connectivity index (χ1) is 7.07. The van der Waals surface area contributed by atoms with Crippen molar-refractivity contribution < 1.29 is 5.11 Å².